The van der Waals surface area contributed by atoms with Crippen molar-refractivity contribution in [2.45, 2.75) is 43.9 Å². The largest absolute Gasteiger partial charge is 0.275 e. The molecule has 143 heavy (non-hydrogen) atoms. The smallest absolute Gasteiger partial charge is 0.168 e. The van der Waals surface area contributed by atoms with Gasteiger partial charge in [-0.05, 0) is 160 Å². The molecule has 18 heteroatoms. The Balaban J connectivity index is 0.000000100. The lowest BCUT2D eigenvalue weighted by atomic mass is 9.70. The Labute approximate surface area is 828 Å². The molecule has 0 bridgehead atoms. The molecule has 1 spiro atoms. The van der Waals surface area contributed by atoms with Crippen LogP contribution in [0.15, 0.2) is 528 Å². The maximum atomic E-state index is 4.65. The first-order valence-corrected chi connectivity index (χ1v) is 47.9. The van der Waals surface area contributed by atoms with Gasteiger partial charge in [0.25, 0.3) is 0 Å². The molecule has 0 N–H and O–H groups in total. The Hall–Kier alpha value is -18.9. The molecule has 19 aromatic rings. The molecule has 27 rings (SSSR count). The maximum absolute atomic E-state index is 4.65. The molecule has 0 saturated heterocycles. The van der Waals surface area contributed by atoms with Crippen molar-refractivity contribution < 1.29 is 0 Å². The summed E-state index contributed by atoms with van der Waals surface area (Å²) in [6, 6.07) is 161. The van der Waals surface area contributed by atoms with E-state index in [1.54, 1.807) is 0 Å². The first kappa shape index (κ1) is 88.1. The van der Waals surface area contributed by atoms with Gasteiger partial charge in [0.2, 0.25) is 0 Å². The van der Waals surface area contributed by atoms with Crippen LogP contribution in [0.4, 0.5) is 0 Å². The highest BCUT2D eigenvalue weighted by Crippen LogP contribution is 2.63. The number of nitrogens with zero attached hydrogens (tertiary/aromatic N) is 18. The van der Waals surface area contributed by atoms with Gasteiger partial charge in [0.15, 0.2) is 23.3 Å². The zero-order valence-electron chi connectivity index (χ0n) is 77.8. The second-order valence-corrected chi connectivity index (χ2v) is 35.3. The lowest BCUT2D eigenvalue weighted by Gasteiger charge is -2.30. The highest BCUT2D eigenvalue weighted by molar-refractivity contribution is 6.26. The fraction of sp³-hybridized carbons (Fsp3) is 0.0560. The van der Waals surface area contributed by atoms with Gasteiger partial charge >= 0.3 is 0 Å². The van der Waals surface area contributed by atoms with Gasteiger partial charge in [-0.3, -0.25) is 9.13 Å². The maximum Gasteiger partial charge on any atom is 0.168 e. The van der Waals surface area contributed by atoms with Gasteiger partial charge in [0, 0.05) is 78.4 Å². The van der Waals surface area contributed by atoms with Crippen LogP contribution in [-0.2, 0) is 5.41 Å². The number of para-hydroxylation sites is 2. The highest BCUT2D eigenvalue weighted by Gasteiger charge is 2.52. The van der Waals surface area contributed by atoms with Crippen molar-refractivity contribution in [3.05, 3.63) is 551 Å². The van der Waals surface area contributed by atoms with Crippen LogP contribution in [0.1, 0.15) is 122 Å². The standard InChI is InChI=1S/C34H22N2.C27H20N6.C24H18N4.2C20H15N3/c1-2-10-22(11-3-1)32-21-33(36-35-32)23-18-19-27-26-14-6-9-17-30(26)34(31(27)20-23)28-15-7-4-12-24(28)25-13-5-8-16-29(25)34;1-3-7-18(8-4-1)24-16-26(32-30-24)21-13-20(23-11-12-28-29-23)14-22(15-21)27-17-25(31-33-27)19-9-5-2-6-10-19;1-3-8-17(9-4-1)21-15-23(27-25-21)19-12-7-13-20(14-19)24-16-22(26-28-24)18-10-5-2-6-11-18;2*1-4-10-16(11-5-1)19-21-22-20(17-12-6-2-7-13-17)23(19)18-14-8-3-9-15-18/h1-20H,21H2;1-10,12-15H,11,16-17H2;1-14H,15-16H2;2*1-15H. The third kappa shape index (κ3) is 18.2. The monoisotopic (exact) mass is 1840 g/mol. The summed E-state index contributed by atoms with van der Waals surface area (Å²) in [5.41, 5.74) is 39.5. The third-order valence-corrected chi connectivity index (χ3v) is 26.5. The van der Waals surface area contributed by atoms with Crippen LogP contribution >= 0.6 is 0 Å². The van der Waals surface area contributed by atoms with Crippen molar-refractivity contribution in [3.63, 3.8) is 0 Å². The molecule has 0 fully saturated rings. The first-order chi connectivity index (χ1) is 70.9. The molecule has 6 aliphatic heterocycles. The number of hydrogen-bond acceptors (Lipinski definition) is 16. The molecule has 2 aromatic heterocycles. The molecule has 18 nitrogen and oxygen atoms in total. The number of rotatable bonds is 17. The quantitative estimate of drug-likeness (QED) is 0.0871. The van der Waals surface area contributed by atoms with Crippen molar-refractivity contribution in [2.75, 3.05) is 0 Å². The highest BCUT2D eigenvalue weighted by atomic mass is 15.3. The van der Waals surface area contributed by atoms with E-state index in [1.165, 1.54) is 44.5 Å². The van der Waals surface area contributed by atoms with E-state index < -0.39 is 0 Å². The van der Waals surface area contributed by atoms with Crippen molar-refractivity contribution in [1.29, 1.82) is 0 Å². The molecule has 0 atom stereocenters. The average molecular weight is 1840 g/mol. The lowest BCUT2D eigenvalue weighted by Crippen LogP contribution is -2.26. The van der Waals surface area contributed by atoms with E-state index >= 15 is 0 Å². The predicted octanol–water partition coefficient (Wildman–Crippen LogP) is 26.8. The van der Waals surface area contributed by atoms with Crippen LogP contribution in [-0.4, -0.2) is 98.6 Å². The second kappa shape index (κ2) is 40.4. The number of hydrogen-bond donors (Lipinski definition) is 0. The molecule has 0 amide bonds. The fourth-order valence-corrected chi connectivity index (χ4v) is 19.5. The van der Waals surface area contributed by atoms with Gasteiger partial charge in [-0.25, -0.2) is 0 Å². The molecule has 17 aromatic carbocycles. The number of fused-ring (bicyclic) bond motifs is 10. The third-order valence-electron chi connectivity index (χ3n) is 26.5. The van der Waals surface area contributed by atoms with Crippen LogP contribution in [0.25, 0.3) is 79.2 Å². The van der Waals surface area contributed by atoms with E-state index in [0.717, 1.165) is 207 Å². The van der Waals surface area contributed by atoms with E-state index in [2.05, 4.69) is 370 Å². The summed E-state index contributed by atoms with van der Waals surface area (Å²) >= 11 is 0. The van der Waals surface area contributed by atoms with Crippen molar-refractivity contribution in [1.82, 2.24) is 29.5 Å². The van der Waals surface area contributed by atoms with E-state index in [0.29, 0.717) is 12.8 Å². The fourth-order valence-electron chi connectivity index (χ4n) is 19.5. The molecule has 0 radical (unpaired) electrons. The Bertz CT molecular complexity index is 7840. The first-order valence-electron chi connectivity index (χ1n) is 47.9. The number of aromatic nitrogens is 6. The number of benzene rings is 17. The molecule has 680 valence electrons. The van der Waals surface area contributed by atoms with Crippen molar-refractivity contribution >= 4 is 69.0 Å². The zero-order valence-corrected chi connectivity index (χ0v) is 77.8. The summed E-state index contributed by atoms with van der Waals surface area (Å²) in [5.74, 6) is 3.37. The van der Waals surface area contributed by atoms with Gasteiger partial charge < -0.3 is 0 Å². The van der Waals surface area contributed by atoms with E-state index in [-0.39, 0.29) is 5.41 Å². The predicted molar refractivity (Wildman–Crippen MR) is 580 cm³/mol. The Morgan fingerprint density at radius 3 is 0.657 bits per heavy atom. The lowest BCUT2D eigenvalue weighted by molar-refractivity contribution is 0.793. The Kier molecular flexibility index (Phi) is 24.9. The van der Waals surface area contributed by atoms with Gasteiger partial charge in [-0.1, -0.05) is 413 Å². The van der Waals surface area contributed by atoms with Crippen LogP contribution in [0.5, 0.6) is 0 Å². The van der Waals surface area contributed by atoms with Gasteiger partial charge in [0.05, 0.1) is 68.2 Å². The second-order valence-electron chi connectivity index (χ2n) is 35.3. The van der Waals surface area contributed by atoms with Gasteiger partial charge in [-0.2, -0.15) is 61.2 Å². The van der Waals surface area contributed by atoms with E-state index in [4.69, 9.17) is 0 Å². The van der Waals surface area contributed by atoms with Gasteiger partial charge in [-0.15, -0.1) is 20.4 Å². The van der Waals surface area contributed by atoms with Crippen LogP contribution in [0.2, 0.25) is 0 Å². The average Bonchev–Trinajstić information content (AvgIpc) is 1.51. The summed E-state index contributed by atoms with van der Waals surface area (Å²) < 4.78 is 4.20. The van der Waals surface area contributed by atoms with Crippen molar-refractivity contribution in [3.8, 4) is 79.2 Å². The SMILES string of the molecule is C1=NN=C(c2cc(C3=NN=C(c4ccccc4)C3)cc(C3=NN=C(c4ccccc4)C3)c2)C1.c1ccc(-c2nnc(-c3ccccc3)n2-c2ccccc2)cc1.c1ccc(-c2nnc(-c3ccccc3)n2-c2ccccc2)cc1.c1ccc(C2=NN=C(c3ccc4c(c3)C3(c5ccccc5-c5ccccc53)c3ccccc3-4)C2)cc1.c1ccc(C2=NN=C(c3cccc(C4=NN=C(c5ccccc5)C4)c3)C2)cc1. The normalized spacial score (nSPS) is 14.3. The van der Waals surface area contributed by atoms with E-state index in [9.17, 15) is 0 Å². The molecule has 8 aliphatic rings. The topological polar surface area (TPSA) is 210 Å². The van der Waals surface area contributed by atoms with Gasteiger partial charge in [0.1, 0.15) is 0 Å². The summed E-state index contributed by atoms with van der Waals surface area (Å²) in [6.07, 6.45) is 6.16. The molecule has 0 saturated carbocycles. The van der Waals surface area contributed by atoms with E-state index in [1.807, 2.05) is 194 Å². The van der Waals surface area contributed by atoms with Crippen molar-refractivity contribution in [2.24, 2.45) is 61.2 Å². The Morgan fingerprint density at radius 1 is 0.161 bits per heavy atom. The zero-order chi connectivity index (χ0) is 95.5. The van der Waals surface area contributed by atoms with Crippen LogP contribution in [0.3, 0.4) is 0 Å². The Morgan fingerprint density at radius 2 is 0.378 bits per heavy atom. The molecule has 8 heterocycles. The molecular formula is C125H90N18. The summed E-state index contributed by atoms with van der Waals surface area (Å²) in [4.78, 5) is 0. The molecular weight excluding hydrogens is 1750 g/mol. The summed E-state index contributed by atoms with van der Waals surface area (Å²) in [7, 11) is 0. The minimum absolute atomic E-state index is 0.322. The molecule has 0 unspecified atom stereocenters. The summed E-state index contributed by atoms with van der Waals surface area (Å²) in [6.45, 7) is 0. The minimum atomic E-state index is -0.322. The molecule has 2 aliphatic carbocycles. The van der Waals surface area contributed by atoms with Crippen LogP contribution < -0.4 is 0 Å². The van der Waals surface area contributed by atoms with Crippen LogP contribution in [0, 0.1) is 0 Å². The minimum Gasteiger partial charge on any atom is -0.275 e. The summed E-state index contributed by atoms with van der Waals surface area (Å²) in [5, 5.41) is 71.0.